The molecule has 1 amide bonds. The van der Waals surface area contributed by atoms with Crippen molar-refractivity contribution in [2.75, 3.05) is 39.9 Å². The van der Waals surface area contributed by atoms with Crippen LogP contribution in [0.3, 0.4) is 0 Å². The zero-order valence-electron chi connectivity index (χ0n) is 19.0. The van der Waals surface area contributed by atoms with Crippen molar-refractivity contribution in [2.24, 2.45) is 0 Å². The van der Waals surface area contributed by atoms with Crippen LogP contribution < -0.4 is 4.74 Å². The lowest BCUT2D eigenvalue weighted by molar-refractivity contribution is -0.139. The lowest BCUT2D eigenvalue weighted by atomic mass is 10.0. The second-order valence-corrected chi connectivity index (χ2v) is 8.40. The number of amides is 1. The zero-order chi connectivity index (χ0) is 24.4. The van der Waals surface area contributed by atoms with Gasteiger partial charge in [-0.1, -0.05) is 12.1 Å². The molecule has 0 N–H and O–H groups in total. The van der Waals surface area contributed by atoms with Gasteiger partial charge in [-0.05, 0) is 28.1 Å². The highest BCUT2D eigenvalue weighted by Crippen LogP contribution is 2.40. The molecule has 35 heavy (non-hydrogen) atoms. The van der Waals surface area contributed by atoms with E-state index in [1.54, 1.807) is 18.3 Å². The number of halogens is 1. The highest BCUT2D eigenvalue weighted by Gasteiger charge is 2.36. The highest BCUT2D eigenvalue weighted by molar-refractivity contribution is 5.79. The van der Waals surface area contributed by atoms with E-state index in [4.69, 9.17) is 16.0 Å². The molecule has 2 aromatic heterocycles. The lowest BCUT2D eigenvalue weighted by Crippen LogP contribution is -2.59. The first-order valence-corrected chi connectivity index (χ1v) is 11.1. The number of morpholine rings is 1. The molecule has 2 saturated heterocycles. The molecule has 180 valence electrons. The average molecular weight is 478 g/mol. The van der Waals surface area contributed by atoms with Gasteiger partial charge in [-0.25, -0.2) is 14.2 Å². The fourth-order valence-electron chi connectivity index (χ4n) is 4.54. The van der Waals surface area contributed by atoms with Crippen molar-refractivity contribution in [1.82, 2.24) is 35.0 Å². The first-order valence-electron chi connectivity index (χ1n) is 11.1. The van der Waals surface area contributed by atoms with Gasteiger partial charge < -0.3 is 14.4 Å². The Bertz CT molecular complexity index is 1240. The molecule has 12 heteroatoms. The van der Waals surface area contributed by atoms with Crippen LogP contribution in [0.15, 0.2) is 36.8 Å². The van der Waals surface area contributed by atoms with Crippen molar-refractivity contribution in [3.8, 4) is 11.6 Å². The number of nitrogens with zero attached hydrogens (tertiary/aromatic N) is 8. The van der Waals surface area contributed by atoms with E-state index in [1.807, 2.05) is 11.0 Å². The van der Waals surface area contributed by atoms with Crippen LogP contribution in [0, 0.1) is 12.4 Å². The molecule has 4 heterocycles. The molecule has 2 aliphatic heterocycles. The van der Waals surface area contributed by atoms with E-state index in [0.717, 1.165) is 5.56 Å². The number of piperazine rings is 1. The molecule has 2 atom stereocenters. The number of aromatic nitrogens is 5. The van der Waals surface area contributed by atoms with Crippen molar-refractivity contribution in [3.63, 3.8) is 0 Å². The van der Waals surface area contributed by atoms with Gasteiger partial charge in [-0.2, -0.15) is 4.68 Å². The number of methoxy groups -OCH3 is 1. The summed E-state index contributed by atoms with van der Waals surface area (Å²) in [6.07, 6.45) is 3.03. The molecule has 2 aliphatic rings. The van der Waals surface area contributed by atoms with Gasteiger partial charge in [0, 0.05) is 37.9 Å². The third-order valence-electron chi connectivity index (χ3n) is 6.37. The lowest BCUT2D eigenvalue weighted by Gasteiger charge is -2.46. The molecule has 0 bridgehead atoms. The van der Waals surface area contributed by atoms with Crippen LogP contribution in [0.5, 0.6) is 5.75 Å². The molecular formula is C23H23FN8O3. The van der Waals surface area contributed by atoms with Crippen LogP contribution in [-0.4, -0.2) is 86.8 Å². The molecule has 2 fully saturated rings. The normalized spacial score (nSPS) is 20.2. The molecule has 0 radical (unpaired) electrons. The molecule has 0 saturated carbocycles. The smallest absolute Gasteiger partial charge is 0.263 e. The first kappa shape index (κ1) is 22.8. The van der Waals surface area contributed by atoms with E-state index in [-0.39, 0.29) is 35.9 Å². The Balaban J connectivity index is 1.20. The molecule has 1 aromatic carbocycles. The van der Waals surface area contributed by atoms with Crippen LogP contribution in [0.2, 0.25) is 0 Å². The highest BCUT2D eigenvalue weighted by atomic mass is 19.1. The van der Waals surface area contributed by atoms with Crippen molar-refractivity contribution < 1.29 is 18.7 Å². The Labute approximate surface area is 200 Å². The number of carbonyl (C=O) groups excluding carboxylic acids is 1. The largest absolute Gasteiger partial charge is 0.507 e. The maximum absolute atomic E-state index is 14.0. The number of ether oxygens (including phenoxy) is 2. The summed E-state index contributed by atoms with van der Waals surface area (Å²) in [5.41, 5.74) is 1.34. The minimum absolute atomic E-state index is 0.0330. The van der Waals surface area contributed by atoms with Crippen molar-refractivity contribution in [2.45, 2.75) is 18.6 Å². The summed E-state index contributed by atoms with van der Waals surface area (Å²) >= 11 is 0. The van der Waals surface area contributed by atoms with E-state index < -0.39 is 5.82 Å². The number of hydrogen-bond acceptors (Lipinski definition) is 8. The number of carbonyl (C=O) groups is 1. The van der Waals surface area contributed by atoms with Crippen LogP contribution in [0.4, 0.5) is 10.1 Å². The van der Waals surface area contributed by atoms with E-state index in [1.165, 1.54) is 24.2 Å². The summed E-state index contributed by atoms with van der Waals surface area (Å²) in [7, 11) is 1.43. The number of fused-ring (bicyclic) bond motifs is 1. The molecule has 0 aliphatic carbocycles. The number of benzene rings is 1. The molecular weight excluding hydrogens is 455 g/mol. The molecule has 3 aromatic rings. The van der Waals surface area contributed by atoms with Crippen LogP contribution in [-0.2, 0) is 16.0 Å². The van der Waals surface area contributed by atoms with Gasteiger partial charge in [-0.3, -0.25) is 9.69 Å². The number of rotatable bonds is 5. The Morgan fingerprint density at radius 3 is 2.89 bits per heavy atom. The van der Waals surface area contributed by atoms with Gasteiger partial charge in [0.05, 0.1) is 38.9 Å². The second-order valence-electron chi connectivity index (χ2n) is 8.40. The van der Waals surface area contributed by atoms with Gasteiger partial charge in [0.1, 0.15) is 17.9 Å². The first-order chi connectivity index (χ1) is 17.1. The maximum atomic E-state index is 14.0. The predicted molar refractivity (Wildman–Crippen MR) is 121 cm³/mol. The van der Waals surface area contributed by atoms with E-state index in [0.29, 0.717) is 44.2 Å². The number of hydrogen-bond donors (Lipinski definition) is 0. The molecule has 0 unspecified atom stereocenters. The summed E-state index contributed by atoms with van der Waals surface area (Å²) in [5, 5.41) is 11.0. The Kier molecular flexibility index (Phi) is 6.35. The Hall–Kier alpha value is -3.95. The monoisotopic (exact) mass is 478 g/mol. The SMILES string of the molecule is [C-]#[N+]c1c(F)ccc([C@H]2CN3CCN(C(=O)Cc4ccc(-n5cnnn5)nc4)C[C@H]3CO2)c1OC. The number of pyridine rings is 1. The van der Waals surface area contributed by atoms with Crippen molar-refractivity contribution in [3.05, 3.63) is 65.2 Å². The van der Waals surface area contributed by atoms with E-state index in [2.05, 4.69) is 30.3 Å². The third kappa shape index (κ3) is 4.55. The van der Waals surface area contributed by atoms with Gasteiger partial charge in [0.25, 0.3) is 5.69 Å². The summed E-state index contributed by atoms with van der Waals surface area (Å²) in [6.45, 7) is 10.1. The van der Waals surface area contributed by atoms with Crippen molar-refractivity contribution in [1.29, 1.82) is 0 Å². The van der Waals surface area contributed by atoms with Gasteiger partial charge >= 0.3 is 0 Å². The molecule has 5 rings (SSSR count). The van der Waals surface area contributed by atoms with E-state index >= 15 is 0 Å². The summed E-state index contributed by atoms with van der Waals surface area (Å²) in [4.78, 5) is 24.7. The summed E-state index contributed by atoms with van der Waals surface area (Å²) in [5.74, 6) is 0.222. The quantitative estimate of drug-likeness (QED) is 0.510. The molecule has 11 nitrogen and oxygen atoms in total. The Morgan fingerprint density at radius 2 is 2.17 bits per heavy atom. The van der Waals surface area contributed by atoms with Crippen LogP contribution in [0.25, 0.3) is 10.7 Å². The minimum Gasteiger partial charge on any atom is -0.507 e. The van der Waals surface area contributed by atoms with Gasteiger partial charge in [0.2, 0.25) is 5.91 Å². The summed E-state index contributed by atoms with van der Waals surface area (Å²) < 4.78 is 26.9. The zero-order valence-corrected chi connectivity index (χ0v) is 19.0. The van der Waals surface area contributed by atoms with Crippen LogP contribution >= 0.6 is 0 Å². The second kappa shape index (κ2) is 9.73. The standard InChI is InChI=1S/C23H23FN8O3/c1-25-22-18(24)5-4-17(23(22)34-2)19-12-30-7-8-31(11-16(30)13-35-19)21(33)9-15-3-6-20(26-10-15)32-14-27-28-29-32/h3-6,10,14,16,19H,7-9,11-13H2,2H3/t16-,19+/m0/s1. The molecule has 0 spiro atoms. The third-order valence-corrected chi connectivity index (χ3v) is 6.37. The Morgan fingerprint density at radius 1 is 1.29 bits per heavy atom. The predicted octanol–water partition coefficient (Wildman–Crippen LogP) is 1.58. The number of tetrazole rings is 1. The average Bonchev–Trinajstić information content (AvgIpc) is 3.43. The summed E-state index contributed by atoms with van der Waals surface area (Å²) in [6, 6.07) is 6.58. The maximum Gasteiger partial charge on any atom is 0.263 e. The minimum atomic E-state index is -0.610. The van der Waals surface area contributed by atoms with Gasteiger partial charge in [0.15, 0.2) is 5.82 Å². The van der Waals surface area contributed by atoms with E-state index in [9.17, 15) is 9.18 Å². The van der Waals surface area contributed by atoms with Crippen molar-refractivity contribution >= 4 is 11.6 Å². The van der Waals surface area contributed by atoms with Crippen LogP contribution in [0.1, 0.15) is 17.2 Å². The van der Waals surface area contributed by atoms with Gasteiger partial charge in [-0.15, -0.1) is 5.10 Å². The fraction of sp³-hybridized carbons (Fsp3) is 0.391. The fourth-order valence-corrected chi connectivity index (χ4v) is 4.54. The topological polar surface area (TPSA) is 103 Å².